The van der Waals surface area contributed by atoms with Crippen molar-refractivity contribution in [3.63, 3.8) is 0 Å². The summed E-state index contributed by atoms with van der Waals surface area (Å²) in [6.45, 7) is 0. The van der Waals surface area contributed by atoms with Gasteiger partial charge in [0.05, 0.1) is 11.0 Å². The summed E-state index contributed by atoms with van der Waals surface area (Å²) in [5.41, 5.74) is 5.80. The molecule has 0 aliphatic rings. The lowest BCUT2D eigenvalue weighted by Crippen LogP contribution is -1.93. The summed E-state index contributed by atoms with van der Waals surface area (Å²) >= 11 is 0. The van der Waals surface area contributed by atoms with Gasteiger partial charge in [0.1, 0.15) is 0 Å². The van der Waals surface area contributed by atoms with Gasteiger partial charge in [0.25, 0.3) is 0 Å². The molecular formula is C28H20N2. The van der Waals surface area contributed by atoms with Gasteiger partial charge in [-0.15, -0.1) is 0 Å². The van der Waals surface area contributed by atoms with Crippen molar-refractivity contribution in [1.29, 1.82) is 0 Å². The number of fused-ring (bicyclic) bond motifs is 4. The second-order valence-corrected chi connectivity index (χ2v) is 7.61. The molecule has 0 radical (unpaired) electrons. The molecule has 0 unspecified atom stereocenters. The van der Waals surface area contributed by atoms with Crippen molar-refractivity contribution in [2.75, 3.05) is 5.32 Å². The molecule has 5 aromatic carbocycles. The number of nitrogens with zero attached hydrogens (tertiary/aromatic N) is 1. The van der Waals surface area contributed by atoms with Crippen LogP contribution in [-0.4, -0.2) is 4.57 Å². The van der Waals surface area contributed by atoms with Crippen LogP contribution in [0, 0.1) is 0 Å². The highest BCUT2D eigenvalue weighted by Gasteiger charge is 2.14. The van der Waals surface area contributed by atoms with Gasteiger partial charge in [-0.05, 0) is 65.4 Å². The summed E-state index contributed by atoms with van der Waals surface area (Å²) in [6, 6.07) is 40.8. The SMILES string of the molecule is c1ccc(Nc2ccc3c(c2)c2cc4ccccc4cc2n3-c2ccccc2)cc1. The van der Waals surface area contributed by atoms with Crippen molar-refractivity contribution in [3.8, 4) is 5.69 Å². The summed E-state index contributed by atoms with van der Waals surface area (Å²) in [7, 11) is 0. The molecule has 0 saturated carbocycles. The zero-order valence-corrected chi connectivity index (χ0v) is 16.4. The van der Waals surface area contributed by atoms with Crippen molar-refractivity contribution in [3.05, 3.63) is 115 Å². The number of nitrogens with one attached hydrogen (secondary N) is 1. The van der Waals surface area contributed by atoms with Gasteiger partial charge in [-0.25, -0.2) is 0 Å². The van der Waals surface area contributed by atoms with Gasteiger partial charge in [-0.3, -0.25) is 0 Å². The molecule has 142 valence electrons. The molecule has 0 spiro atoms. The highest BCUT2D eigenvalue weighted by atomic mass is 15.0. The molecule has 0 aliphatic heterocycles. The van der Waals surface area contributed by atoms with E-state index in [9.17, 15) is 0 Å². The molecule has 30 heavy (non-hydrogen) atoms. The Balaban J connectivity index is 1.65. The van der Waals surface area contributed by atoms with Crippen LogP contribution in [0.25, 0.3) is 38.3 Å². The third-order valence-electron chi connectivity index (χ3n) is 5.71. The predicted molar refractivity (Wildman–Crippen MR) is 128 cm³/mol. The number of benzene rings is 5. The summed E-state index contributed by atoms with van der Waals surface area (Å²) in [6.07, 6.45) is 0. The number of hydrogen-bond acceptors (Lipinski definition) is 1. The first kappa shape index (κ1) is 16.9. The number of aromatic nitrogens is 1. The molecule has 1 heterocycles. The van der Waals surface area contributed by atoms with Crippen LogP contribution in [0.15, 0.2) is 115 Å². The largest absolute Gasteiger partial charge is 0.356 e. The lowest BCUT2D eigenvalue weighted by molar-refractivity contribution is 1.18. The van der Waals surface area contributed by atoms with Crippen molar-refractivity contribution >= 4 is 44.0 Å². The van der Waals surface area contributed by atoms with E-state index < -0.39 is 0 Å². The smallest absolute Gasteiger partial charge is 0.0547 e. The molecule has 2 heteroatoms. The molecule has 0 bridgehead atoms. The highest BCUT2D eigenvalue weighted by Crippen LogP contribution is 2.36. The van der Waals surface area contributed by atoms with E-state index in [0.29, 0.717) is 0 Å². The van der Waals surface area contributed by atoms with Crippen LogP contribution in [0.1, 0.15) is 0 Å². The van der Waals surface area contributed by atoms with Crippen LogP contribution in [0.4, 0.5) is 11.4 Å². The van der Waals surface area contributed by atoms with Crippen LogP contribution in [0.3, 0.4) is 0 Å². The van der Waals surface area contributed by atoms with Gasteiger partial charge in [-0.1, -0.05) is 60.7 Å². The van der Waals surface area contributed by atoms with Gasteiger partial charge >= 0.3 is 0 Å². The molecule has 0 aliphatic carbocycles. The first-order chi connectivity index (χ1) is 14.9. The van der Waals surface area contributed by atoms with E-state index in [1.165, 1.54) is 38.3 Å². The molecule has 2 nitrogen and oxygen atoms in total. The Morgan fingerprint density at radius 1 is 0.467 bits per heavy atom. The van der Waals surface area contributed by atoms with Crippen LogP contribution in [0.2, 0.25) is 0 Å². The molecule has 1 N–H and O–H groups in total. The Morgan fingerprint density at radius 2 is 1.10 bits per heavy atom. The number of hydrogen-bond donors (Lipinski definition) is 1. The summed E-state index contributed by atoms with van der Waals surface area (Å²) in [5, 5.41) is 8.58. The average molecular weight is 384 g/mol. The van der Waals surface area contributed by atoms with E-state index >= 15 is 0 Å². The Morgan fingerprint density at radius 3 is 1.87 bits per heavy atom. The van der Waals surface area contributed by atoms with Gasteiger partial charge in [0.2, 0.25) is 0 Å². The summed E-state index contributed by atoms with van der Waals surface area (Å²) in [4.78, 5) is 0. The lowest BCUT2D eigenvalue weighted by Gasteiger charge is -2.09. The van der Waals surface area contributed by atoms with E-state index in [0.717, 1.165) is 11.4 Å². The Labute approximate surface area is 175 Å². The van der Waals surface area contributed by atoms with E-state index in [-0.39, 0.29) is 0 Å². The molecule has 0 atom stereocenters. The minimum Gasteiger partial charge on any atom is -0.356 e. The second-order valence-electron chi connectivity index (χ2n) is 7.61. The zero-order valence-electron chi connectivity index (χ0n) is 16.4. The normalized spacial score (nSPS) is 11.3. The fraction of sp³-hybridized carbons (Fsp3) is 0. The minimum absolute atomic E-state index is 1.09. The fourth-order valence-electron chi connectivity index (χ4n) is 4.33. The fourth-order valence-corrected chi connectivity index (χ4v) is 4.33. The third-order valence-corrected chi connectivity index (χ3v) is 5.71. The predicted octanol–water partition coefficient (Wildman–Crippen LogP) is 7.68. The first-order valence-corrected chi connectivity index (χ1v) is 10.2. The quantitative estimate of drug-likeness (QED) is 0.331. The molecule has 0 fully saturated rings. The number of rotatable bonds is 3. The van der Waals surface area contributed by atoms with E-state index in [1.54, 1.807) is 0 Å². The number of para-hydroxylation sites is 2. The van der Waals surface area contributed by atoms with Gasteiger partial charge in [-0.2, -0.15) is 0 Å². The van der Waals surface area contributed by atoms with E-state index in [4.69, 9.17) is 0 Å². The van der Waals surface area contributed by atoms with Gasteiger partial charge < -0.3 is 9.88 Å². The van der Waals surface area contributed by atoms with Crippen LogP contribution >= 0.6 is 0 Å². The monoisotopic (exact) mass is 384 g/mol. The third kappa shape index (κ3) is 2.73. The standard InChI is InChI=1S/C28H20N2/c1-3-11-22(12-4-1)29-23-15-16-27-26(19-23)25-17-20-9-7-8-10-21(20)18-28(25)30(27)24-13-5-2-6-14-24/h1-19,29H. The van der Waals surface area contributed by atoms with Crippen molar-refractivity contribution in [2.45, 2.75) is 0 Å². The Kier molecular flexibility index (Phi) is 3.82. The lowest BCUT2D eigenvalue weighted by atomic mass is 10.1. The summed E-state index contributed by atoms with van der Waals surface area (Å²) in [5.74, 6) is 0. The van der Waals surface area contributed by atoms with E-state index in [1.807, 2.05) is 18.2 Å². The van der Waals surface area contributed by atoms with Crippen LogP contribution in [-0.2, 0) is 0 Å². The summed E-state index contributed by atoms with van der Waals surface area (Å²) < 4.78 is 2.36. The van der Waals surface area contributed by atoms with Crippen LogP contribution < -0.4 is 5.32 Å². The molecular weight excluding hydrogens is 364 g/mol. The van der Waals surface area contributed by atoms with Crippen molar-refractivity contribution in [1.82, 2.24) is 4.57 Å². The van der Waals surface area contributed by atoms with Gasteiger partial charge in [0, 0.05) is 27.8 Å². The molecule has 6 rings (SSSR count). The maximum Gasteiger partial charge on any atom is 0.0547 e. The molecule has 6 aromatic rings. The Bertz CT molecular complexity index is 1500. The topological polar surface area (TPSA) is 17.0 Å². The molecule has 1 aromatic heterocycles. The van der Waals surface area contributed by atoms with Crippen molar-refractivity contribution < 1.29 is 0 Å². The second kappa shape index (κ2) is 6.78. The molecule has 0 amide bonds. The number of anilines is 2. The highest BCUT2D eigenvalue weighted by molar-refractivity contribution is 6.14. The van der Waals surface area contributed by atoms with Crippen molar-refractivity contribution in [2.24, 2.45) is 0 Å². The average Bonchev–Trinajstić information content (AvgIpc) is 3.11. The van der Waals surface area contributed by atoms with Gasteiger partial charge in [0.15, 0.2) is 0 Å². The van der Waals surface area contributed by atoms with Crippen LogP contribution in [0.5, 0.6) is 0 Å². The Hall–Kier alpha value is -4.04. The molecule has 0 saturated heterocycles. The minimum atomic E-state index is 1.09. The van der Waals surface area contributed by atoms with E-state index in [2.05, 4.69) is 107 Å². The maximum absolute atomic E-state index is 3.54. The first-order valence-electron chi connectivity index (χ1n) is 10.2. The zero-order chi connectivity index (χ0) is 19.9. The maximum atomic E-state index is 3.54.